The standard InChI is InChI=1S/C20H15ClN6O4/c1-30-14-4-2-3-13(9-14)27-19(28)16-17(20(27)29)26(25-23-16)10-15-22-18(24-31-15)11-5-7-12(21)8-6-11/h2-9,16-17H,10H2,1H3/t16-,17+/m1/s1. The van der Waals surface area contributed by atoms with Crippen molar-refractivity contribution in [1.82, 2.24) is 15.1 Å². The van der Waals surface area contributed by atoms with Gasteiger partial charge in [-0.2, -0.15) is 10.1 Å². The molecule has 31 heavy (non-hydrogen) atoms. The lowest BCUT2D eigenvalue weighted by Gasteiger charge is -2.19. The Labute approximate surface area is 181 Å². The number of amides is 2. The van der Waals surface area contributed by atoms with Crippen molar-refractivity contribution in [2.75, 3.05) is 12.0 Å². The number of rotatable bonds is 5. The third kappa shape index (κ3) is 3.30. The number of halogens is 1. The van der Waals surface area contributed by atoms with Crippen LogP contribution in [0.5, 0.6) is 5.75 Å². The van der Waals surface area contributed by atoms with E-state index in [1.807, 2.05) is 0 Å². The maximum absolute atomic E-state index is 13.1. The van der Waals surface area contributed by atoms with Gasteiger partial charge in [-0.25, -0.2) is 4.90 Å². The molecule has 1 aromatic heterocycles. The highest BCUT2D eigenvalue weighted by atomic mass is 35.5. The summed E-state index contributed by atoms with van der Waals surface area (Å²) >= 11 is 5.90. The molecule has 3 aromatic rings. The van der Waals surface area contributed by atoms with E-state index >= 15 is 0 Å². The minimum absolute atomic E-state index is 0.0379. The molecule has 2 aromatic carbocycles. The van der Waals surface area contributed by atoms with Crippen LogP contribution in [0.25, 0.3) is 11.4 Å². The summed E-state index contributed by atoms with van der Waals surface area (Å²) in [4.78, 5) is 31.4. The van der Waals surface area contributed by atoms with Crippen molar-refractivity contribution < 1.29 is 18.8 Å². The van der Waals surface area contributed by atoms with Crippen LogP contribution in [0.3, 0.4) is 0 Å². The van der Waals surface area contributed by atoms with Crippen LogP contribution < -0.4 is 9.64 Å². The number of fused-ring (bicyclic) bond motifs is 1. The number of methoxy groups -OCH3 is 1. The minimum atomic E-state index is -0.919. The Morgan fingerprint density at radius 2 is 1.94 bits per heavy atom. The Bertz CT molecular complexity index is 1190. The molecule has 0 unspecified atom stereocenters. The maximum atomic E-state index is 13.1. The van der Waals surface area contributed by atoms with Crippen LogP contribution in [-0.4, -0.2) is 46.2 Å². The molecule has 1 fully saturated rings. The van der Waals surface area contributed by atoms with E-state index in [-0.39, 0.29) is 12.4 Å². The summed E-state index contributed by atoms with van der Waals surface area (Å²) in [5, 5.41) is 13.9. The fourth-order valence-electron chi connectivity index (χ4n) is 3.53. The van der Waals surface area contributed by atoms with Gasteiger partial charge < -0.3 is 9.26 Å². The first kappa shape index (κ1) is 19.2. The highest BCUT2D eigenvalue weighted by Gasteiger charge is 2.55. The smallest absolute Gasteiger partial charge is 0.263 e. The molecule has 0 spiro atoms. The summed E-state index contributed by atoms with van der Waals surface area (Å²) in [5.74, 6) is 0.289. The molecule has 2 aliphatic heterocycles. The van der Waals surface area contributed by atoms with Crippen LogP contribution in [0.1, 0.15) is 5.89 Å². The molecule has 11 heteroatoms. The number of carbonyl (C=O) groups excluding carboxylic acids is 2. The van der Waals surface area contributed by atoms with Gasteiger partial charge in [-0.3, -0.25) is 14.6 Å². The molecule has 10 nitrogen and oxygen atoms in total. The molecule has 0 bridgehead atoms. The quantitative estimate of drug-likeness (QED) is 0.562. The average molecular weight is 439 g/mol. The van der Waals surface area contributed by atoms with Gasteiger partial charge >= 0.3 is 0 Å². The molecule has 3 heterocycles. The molecule has 156 valence electrons. The molecule has 0 radical (unpaired) electrons. The maximum Gasteiger partial charge on any atom is 0.263 e. The van der Waals surface area contributed by atoms with Crippen LogP contribution in [0.15, 0.2) is 63.4 Å². The molecule has 0 saturated carbocycles. The number of benzene rings is 2. The van der Waals surface area contributed by atoms with Gasteiger partial charge in [0.15, 0.2) is 12.1 Å². The summed E-state index contributed by atoms with van der Waals surface area (Å²) in [6, 6.07) is 11.9. The molecule has 2 amide bonds. The fraction of sp³-hybridized carbons (Fsp3) is 0.200. The lowest BCUT2D eigenvalue weighted by Crippen LogP contribution is -2.39. The van der Waals surface area contributed by atoms with E-state index in [0.717, 1.165) is 10.5 Å². The van der Waals surface area contributed by atoms with Crippen LogP contribution in [0.2, 0.25) is 5.02 Å². The van der Waals surface area contributed by atoms with E-state index in [1.165, 1.54) is 12.1 Å². The van der Waals surface area contributed by atoms with Crippen LogP contribution in [0.4, 0.5) is 5.69 Å². The number of anilines is 1. The summed E-state index contributed by atoms with van der Waals surface area (Å²) in [6.07, 6.45) is 0. The van der Waals surface area contributed by atoms with E-state index in [2.05, 4.69) is 20.5 Å². The topological polar surface area (TPSA) is 113 Å². The van der Waals surface area contributed by atoms with Crippen molar-refractivity contribution in [3.63, 3.8) is 0 Å². The molecule has 0 N–H and O–H groups in total. The molecular weight excluding hydrogens is 424 g/mol. The van der Waals surface area contributed by atoms with Crippen molar-refractivity contribution in [3.05, 3.63) is 59.4 Å². The zero-order valence-corrected chi connectivity index (χ0v) is 16.9. The molecule has 5 rings (SSSR count). The van der Waals surface area contributed by atoms with Crippen LogP contribution >= 0.6 is 11.6 Å². The van der Waals surface area contributed by atoms with Crippen LogP contribution in [0, 0.1) is 0 Å². The number of hydrogen-bond acceptors (Lipinski definition) is 9. The highest BCUT2D eigenvalue weighted by molar-refractivity contribution is 6.30. The van der Waals surface area contributed by atoms with E-state index in [1.54, 1.807) is 48.5 Å². The second-order valence-corrected chi connectivity index (χ2v) is 7.36. The number of nitrogens with zero attached hydrogens (tertiary/aromatic N) is 6. The zero-order chi connectivity index (χ0) is 21.5. The van der Waals surface area contributed by atoms with Gasteiger partial charge in [0.1, 0.15) is 12.3 Å². The molecule has 0 aliphatic carbocycles. The van der Waals surface area contributed by atoms with Crippen molar-refractivity contribution in [2.24, 2.45) is 10.3 Å². The number of carbonyl (C=O) groups is 2. The van der Waals surface area contributed by atoms with Gasteiger partial charge in [-0.1, -0.05) is 28.0 Å². The van der Waals surface area contributed by atoms with Crippen molar-refractivity contribution in [3.8, 4) is 17.1 Å². The lowest BCUT2D eigenvalue weighted by atomic mass is 10.1. The van der Waals surface area contributed by atoms with Gasteiger partial charge in [-0.15, -0.1) is 0 Å². The first-order valence-electron chi connectivity index (χ1n) is 9.33. The zero-order valence-electron chi connectivity index (χ0n) is 16.2. The van der Waals surface area contributed by atoms with Crippen LogP contribution in [-0.2, 0) is 16.1 Å². The largest absolute Gasteiger partial charge is 0.497 e. The van der Waals surface area contributed by atoms with Gasteiger partial charge in [0.05, 0.1) is 12.8 Å². The summed E-state index contributed by atoms with van der Waals surface area (Å²) < 4.78 is 10.5. The average Bonchev–Trinajstić information content (AvgIpc) is 3.47. The molecule has 1 saturated heterocycles. The fourth-order valence-corrected chi connectivity index (χ4v) is 3.66. The van der Waals surface area contributed by atoms with Gasteiger partial charge in [0, 0.05) is 16.7 Å². The van der Waals surface area contributed by atoms with Gasteiger partial charge in [0.2, 0.25) is 11.7 Å². The Hall–Kier alpha value is -3.79. The first-order valence-corrected chi connectivity index (χ1v) is 9.71. The third-order valence-electron chi connectivity index (χ3n) is 5.04. The number of imide groups is 1. The van der Waals surface area contributed by atoms with Crippen molar-refractivity contribution in [1.29, 1.82) is 0 Å². The van der Waals surface area contributed by atoms with E-state index < -0.39 is 23.9 Å². The summed E-state index contributed by atoms with van der Waals surface area (Å²) in [5.41, 5.74) is 1.15. The number of hydrogen-bond donors (Lipinski definition) is 0. The van der Waals surface area contributed by atoms with E-state index in [4.69, 9.17) is 20.9 Å². The van der Waals surface area contributed by atoms with Gasteiger partial charge in [0.25, 0.3) is 11.8 Å². The van der Waals surface area contributed by atoms with E-state index in [9.17, 15) is 9.59 Å². The SMILES string of the molecule is COc1cccc(N2C(=O)[C@@H]3[C@@H](N=NN3Cc3nc(-c4ccc(Cl)cc4)no3)C2=O)c1. The Kier molecular flexibility index (Phi) is 4.63. The Morgan fingerprint density at radius 3 is 2.71 bits per heavy atom. The Morgan fingerprint density at radius 1 is 1.13 bits per heavy atom. The second kappa shape index (κ2) is 7.47. The molecule has 2 atom stereocenters. The molecular formula is C20H15ClN6O4. The van der Waals surface area contributed by atoms with Gasteiger partial charge in [-0.05, 0) is 36.4 Å². The number of ether oxygens (including phenoxy) is 1. The summed E-state index contributed by atoms with van der Waals surface area (Å²) in [6.45, 7) is 0.0379. The van der Waals surface area contributed by atoms with Crippen molar-refractivity contribution in [2.45, 2.75) is 18.6 Å². The highest BCUT2D eigenvalue weighted by Crippen LogP contribution is 2.34. The minimum Gasteiger partial charge on any atom is -0.497 e. The second-order valence-electron chi connectivity index (χ2n) is 6.92. The van der Waals surface area contributed by atoms with E-state index in [0.29, 0.717) is 22.3 Å². The first-order chi connectivity index (χ1) is 15.0. The lowest BCUT2D eigenvalue weighted by molar-refractivity contribution is -0.123. The number of aromatic nitrogens is 2. The predicted molar refractivity (Wildman–Crippen MR) is 108 cm³/mol. The monoisotopic (exact) mass is 438 g/mol. The molecule has 2 aliphatic rings. The van der Waals surface area contributed by atoms with Crippen molar-refractivity contribution >= 4 is 29.1 Å². The predicted octanol–water partition coefficient (Wildman–Crippen LogP) is 2.89. The normalized spacial score (nSPS) is 19.9. The Balaban J connectivity index is 1.36. The summed E-state index contributed by atoms with van der Waals surface area (Å²) in [7, 11) is 1.51. The third-order valence-corrected chi connectivity index (χ3v) is 5.29.